The summed E-state index contributed by atoms with van der Waals surface area (Å²) in [6, 6.07) is 21.6. The summed E-state index contributed by atoms with van der Waals surface area (Å²) >= 11 is 0. The van der Waals surface area contributed by atoms with Gasteiger partial charge in [0.1, 0.15) is 23.2 Å². The Morgan fingerprint density at radius 3 is 2.49 bits per heavy atom. The predicted octanol–water partition coefficient (Wildman–Crippen LogP) is 9.87. The molecule has 0 amide bonds. The first-order valence-corrected chi connectivity index (χ1v) is 13.1. The number of hydrogen-bond acceptors (Lipinski definition) is 3. The monoisotopic (exact) mass is 487 g/mol. The molecule has 0 aliphatic heterocycles. The van der Waals surface area contributed by atoms with Gasteiger partial charge in [-0.15, -0.1) is 0 Å². The number of pyridine rings is 1. The molecule has 0 aliphatic rings. The molecule has 0 saturated heterocycles. The minimum Gasteiger partial charge on any atom is -0.464 e. The molecule has 0 bridgehead atoms. The van der Waals surface area contributed by atoms with Crippen LogP contribution < -0.4 is 0 Å². The van der Waals surface area contributed by atoms with Gasteiger partial charge in [0.2, 0.25) is 0 Å². The van der Waals surface area contributed by atoms with Crippen molar-refractivity contribution in [1.29, 1.82) is 0 Å². The minimum absolute atomic E-state index is 0.00348. The van der Waals surface area contributed by atoms with Gasteiger partial charge in [0, 0.05) is 22.7 Å². The van der Waals surface area contributed by atoms with Gasteiger partial charge in [0.05, 0.1) is 16.6 Å². The molecule has 0 radical (unpaired) electrons. The van der Waals surface area contributed by atoms with Crippen LogP contribution >= 0.6 is 0 Å². The van der Waals surface area contributed by atoms with Gasteiger partial charge in [-0.05, 0) is 76.9 Å². The van der Waals surface area contributed by atoms with Crippen LogP contribution in [0.15, 0.2) is 82.0 Å². The topological polar surface area (TPSA) is 39.2 Å². The number of aryl methyl sites for hydroxylation is 1. The van der Waals surface area contributed by atoms with Gasteiger partial charge in [-0.25, -0.2) is 0 Å². The lowest BCUT2D eigenvalue weighted by molar-refractivity contribution is 0.596. The van der Waals surface area contributed by atoms with E-state index in [1.165, 1.54) is 21.9 Å². The Kier molecular flexibility index (Phi) is 5.49. The van der Waals surface area contributed by atoms with Crippen molar-refractivity contribution in [3.05, 3.63) is 89.8 Å². The third-order valence-corrected chi connectivity index (χ3v) is 7.31. The van der Waals surface area contributed by atoms with Gasteiger partial charge in [0.15, 0.2) is 0 Å². The van der Waals surface area contributed by atoms with Crippen molar-refractivity contribution in [2.45, 2.75) is 53.4 Å². The van der Waals surface area contributed by atoms with Crippen molar-refractivity contribution in [3.8, 4) is 22.6 Å². The Labute approximate surface area is 218 Å². The number of benzene rings is 3. The third kappa shape index (κ3) is 4.03. The van der Waals surface area contributed by atoms with Crippen molar-refractivity contribution >= 4 is 32.7 Å². The molecule has 0 aliphatic carbocycles. The predicted molar refractivity (Wildman–Crippen MR) is 154 cm³/mol. The molecule has 0 N–H and O–H groups in total. The maximum atomic E-state index is 6.52. The Balaban J connectivity index is 1.57. The van der Waals surface area contributed by atoms with Crippen LogP contribution in [0.5, 0.6) is 0 Å². The number of rotatable bonds is 4. The minimum atomic E-state index is 0.00348. The number of aromatic nitrogens is 1. The Morgan fingerprint density at radius 2 is 1.70 bits per heavy atom. The van der Waals surface area contributed by atoms with Gasteiger partial charge in [-0.2, -0.15) is 0 Å². The van der Waals surface area contributed by atoms with Gasteiger partial charge in [-0.1, -0.05) is 65.0 Å². The van der Waals surface area contributed by atoms with Crippen LogP contribution in [0, 0.1) is 12.8 Å². The largest absolute Gasteiger partial charge is 0.464 e. The fourth-order valence-corrected chi connectivity index (χ4v) is 5.59. The zero-order valence-electron chi connectivity index (χ0n) is 22.5. The van der Waals surface area contributed by atoms with E-state index in [-0.39, 0.29) is 5.41 Å². The lowest BCUT2D eigenvalue weighted by atomic mass is 9.82. The number of hydrogen-bond donors (Lipinski definition) is 0. The maximum absolute atomic E-state index is 6.52. The quantitative estimate of drug-likeness (QED) is 0.248. The van der Waals surface area contributed by atoms with Crippen LogP contribution in [0.3, 0.4) is 0 Å². The summed E-state index contributed by atoms with van der Waals surface area (Å²) in [4.78, 5) is 4.89. The second kappa shape index (κ2) is 8.62. The standard InChI is InChI=1S/C34H33NO2/c1-20(2)15-22-11-12-29-26(16-22)27(19-36-29)33-21(3)31-30(37-33)13-14-35-32(31)24-17-23-9-7-8-10-25(23)28(18-24)34(4,5)6/h7-14,16-20H,15H2,1-6H3. The van der Waals surface area contributed by atoms with E-state index in [0.717, 1.165) is 56.5 Å². The summed E-state index contributed by atoms with van der Waals surface area (Å²) in [5.74, 6) is 1.44. The first kappa shape index (κ1) is 23.5. The molecule has 0 saturated carbocycles. The third-order valence-electron chi connectivity index (χ3n) is 7.31. The second-order valence-corrected chi connectivity index (χ2v) is 11.7. The zero-order chi connectivity index (χ0) is 25.9. The average molecular weight is 488 g/mol. The van der Waals surface area contributed by atoms with Crippen LogP contribution in [-0.2, 0) is 11.8 Å². The van der Waals surface area contributed by atoms with E-state index in [1.54, 1.807) is 0 Å². The van der Waals surface area contributed by atoms with Crippen molar-refractivity contribution in [2.24, 2.45) is 5.92 Å². The summed E-state index contributed by atoms with van der Waals surface area (Å²) in [6.45, 7) is 13.4. The molecule has 0 unspecified atom stereocenters. The normalized spacial score (nSPS) is 12.4. The summed E-state index contributed by atoms with van der Waals surface area (Å²) in [5.41, 5.74) is 8.50. The average Bonchev–Trinajstić information content (AvgIpc) is 3.42. The van der Waals surface area contributed by atoms with Crippen LogP contribution in [0.1, 0.15) is 51.3 Å². The lowest BCUT2D eigenvalue weighted by Crippen LogP contribution is -2.12. The molecule has 186 valence electrons. The number of nitrogens with zero attached hydrogens (tertiary/aromatic N) is 1. The highest BCUT2D eigenvalue weighted by molar-refractivity contribution is 6.03. The summed E-state index contributed by atoms with van der Waals surface area (Å²) in [7, 11) is 0. The van der Waals surface area contributed by atoms with Gasteiger partial charge < -0.3 is 8.83 Å². The smallest absolute Gasteiger partial charge is 0.142 e. The van der Waals surface area contributed by atoms with Crippen LogP contribution in [-0.4, -0.2) is 4.98 Å². The Hall–Kier alpha value is -3.85. The van der Waals surface area contributed by atoms with E-state index in [0.29, 0.717) is 5.92 Å². The van der Waals surface area contributed by atoms with E-state index < -0.39 is 0 Å². The first-order chi connectivity index (χ1) is 17.7. The number of furan rings is 2. The van der Waals surface area contributed by atoms with Gasteiger partial charge >= 0.3 is 0 Å². The molecule has 3 aromatic carbocycles. The molecule has 6 rings (SSSR count). The van der Waals surface area contributed by atoms with Crippen molar-refractivity contribution < 1.29 is 8.83 Å². The molecule has 0 spiro atoms. The lowest BCUT2D eigenvalue weighted by Gasteiger charge is -2.22. The van der Waals surface area contributed by atoms with E-state index in [2.05, 4.69) is 96.1 Å². The highest BCUT2D eigenvalue weighted by Crippen LogP contribution is 2.42. The van der Waals surface area contributed by atoms with Gasteiger partial charge in [0.25, 0.3) is 0 Å². The van der Waals surface area contributed by atoms with E-state index in [9.17, 15) is 0 Å². The molecule has 3 nitrogen and oxygen atoms in total. The molecular weight excluding hydrogens is 454 g/mol. The molecule has 3 heteroatoms. The van der Waals surface area contributed by atoms with Crippen molar-refractivity contribution in [2.75, 3.05) is 0 Å². The molecular formula is C34H33NO2. The molecule has 6 aromatic rings. The van der Waals surface area contributed by atoms with Crippen molar-refractivity contribution in [1.82, 2.24) is 4.98 Å². The van der Waals surface area contributed by atoms with E-state index in [4.69, 9.17) is 13.8 Å². The first-order valence-electron chi connectivity index (χ1n) is 13.1. The second-order valence-electron chi connectivity index (χ2n) is 11.7. The summed E-state index contributed by atoms with van der Waals surface area (Å²) < 4.78 is 12.5. The SMILES string of the molecule is Cc1c(-c2coc3ccc(CC(C)C)cc23)oc2ccnc(-c3cc(C(C)(C)C)c4ccccc4c3)c12. The molecule has 0 fully saturated rings. The Morgan fingerprint density at radius 1 is 0.892 bits per heavy atom. The molecule has 0 atom stereocenters. The van der Waals surface area contributed by atoms with E-state index in [1.807, 2.05) is 18.5 Å². The van der Waals surface area contributed by atoms with E-state index >= 15 is 0 Å². The van der Waals surface area contributed by atoms with Crippen LogP contribution in [0.2, 0.25) is 0 Å². The molecule has 3 heterocycles. The Bertz CT molecular complexity index is 1780. The fourth-order valence-electron chi connectivity index (χ4n) is 5.59. The highest BCUT2D eigenvalue weighted by atomic mass is 16.3. The summed E-state index contributed by atoms with van der Waals surface area (Å²) in [5, 5.41) is 4.66. The van der Waals surface area contributed by atoms with Crippen LogP contribution in [0.4, 0.5) is 0 Å². The summed E-state index contributed by atoms with van der Waals surface area (Å²) in [6.07, 6.45) is 4.71. The van der Waals surface area contributed by atoms with Crippen LogP contribution in [0.25, 0.3) is 55.3 Å². The maximum Gasteiger partial charge on any atom is 0.142 e. The van der Waals surface area contributed by atoms with Crippen molar-refractivity contribution in [3.63, 3.8) is 0 Å². The zero-order valence-corrected chi connectivity index (χ0v) is 22.5. The highest BCUT2D eigenvalue weighted by Gasteiger charge is 2.23. The number of fused-ring (bicyclic) bond motifs is 3. The fraction of sp³-hybridized carbons (Fsp3) is 0.265. The molecule has 3 aromatic heterocycles. The van der Waals surface area contributed by atoms with Gasteiger partial charge in [-0.3, -0.25) is 4.98 Å². The molecule has 37 heavy (non-hydrogen) atoms.